The van der Waals surface area contributed by atoms with Crippen LogP contribution < -0.4 is 5.32 Å². The zero-order chi connectivity index (χ0) is 12.4. The third-order valence-corrected chi connectivity index (χ3v) is 2.14. The minimum atomic E-state index is -0.690. The number of halogens is 1. The van der Waals surface area contributed by atoms with E-state index in [0.29, 0.717) is 5.82 Å². The Labute approximate surface area is 95.8 Å². The summed E-state index contributed by atoms with van der Waals surface area (Å²) in [5.41, 5.74) is -0.136. The Bertz CT molecular complexity index is 567. The molecule has 0 aliphatic heterocycles. The van der Waals surface area contributed by atoms with Gasteiger partial charge in [-0.1, -0.05) is 0 Å². The Morgan fingerprint density at radius 3 is 2.76 bits per heavy atom. The second kappa shape index (κ2) is 4.20. The zero-order valence-corrected chi connectivity index (χ0v) is 8.92. The molecule has 0 saturated heterocycles. The van der Waals surface area contributed by atoms with Crippen molar-refractivity contribution in [3.63, 3.8) is 0 Å². The lowest BCUT2D eigenvalue weighted by Gasteiger charge is -2.03. The largest absolute Gasteiger partial charge is 0.336 e. The molecule has 6 nitrogen and oxygen atoms in total. The fraction of sp³-hybridized carbons (Fsp3) is 0.100. The summed E-state index contributed by atoms with van der Waals surface area (Å²) >= 11 is 0. The molecule has 0 amide bonds. The molecule has 1 heterocycles. The van der Waals surface area contributed by atoms with Gasteiger partial charge in [0.25, 0.3) is 5.69 Å². The van der Waals surface area contributed by atoms with E-state index >= 15 is 0 Å². The van der Waals surface area contributed by atoms with Crippen LogP contribution in [-0.2, 0) is 7.05 Å². The maximum atomic E-state index is 13.5. The van der Waals surface area contributed by atoms with Gasteiger partial charge in [-0.05, 0) is 6.07 Å². The van der Waals surface area contributed by atoms with Crippen molar-refractivity contribution in [1.29, 1.82) is 0 Å². The van der Waals surface area contributed by atoms with Crippen LogP contribution in [0.1, 0.15) is 0 Å². The first kappa shape index (κ1) is 11.1. The monoisotopic (exact) mass is 236 g/mol. The highest BCUT2D eigenvalue weighted by Crippen LogP contribution is 2.22. The van der Waals surface area contributed by atoms with Gasteiger partial charge >= 0.3 is 0 Å². The molecule has 0 radical (unpaired) electrons. The van der Waals surface area contributed by atoms with E-state index in [4.69, 9.17) is 0 Å². The minimum Gasteiger partial charge on any atom is -0.336 e. The Hall–Kier alpha value is -2.44. The molecule has 0 unspecified atom stereocenters. The predicted molar refractivity (Wildman–Crippen MR) is 59.5 cm³/mol. The molecule has 0 aliphatic rings. The summed E-state index contributed by atoms with van der Waals surface area (Å²) in [6.45, 7) is 0. The molecule has 2 aromatic rings. The second-order valence-corrected chi connectivity index (χ2v) is 3.42. The highest BCUT2D eigenvalue weighted by molar-refractivity contribution is 5.58. The first-order valence-corrected chi connectivity index (χ1v) is 4.77. The van der Waals surface area contributed by atoms with Crippen LogP contribution in [0.15, 0.2) is 30.5 Å². The molecular weight excluding hydrogens is 227 g/mol. The Morgan fingerprint density at radius 2 is 2.24 bits per heavy atom. The Kier molecular flexibility index (Phi) is 2.73. The number of hydrogen-bond donors (Lipinski definition) is 1. The van der Waals surface area contributed by atoms with Crippen molar-refractivity contribution >= 4 is 17.2 Å². The number of non-ortho nitro benzene ring substituents is 1. The third kappa shape index (κ3) is 2.39. The molecule has 0 spiro atoms. The SMILES string of the molecule is Cn1ccc(Nc2ccc([N+](=O)[O-])cc2F)n1. The summed E-state index contributed by atoms with van der Waals surface area (Å²) in [5, 5.41) is 17.2. The van der Waals surface area contributed by atoms with Crippen LogP contribution in [0.2, 0.25) is 0 Å². The van der Waals surface area contributed by atoms with Gasteiger partial charge in [0.05, 0.1) is 16.7 Å². The number of aryl methyl sites for hydroxylation is 1. The molecule has 0 saturated carbocycles. The topological polar surface area (TPSA) is 73.0 Å². The van der Waals surface area contributed by atoms with Gasteiger partial charge in [-0.3, -0.25) is 14.8 Å². The van der Waals surface area contributed by atoms with Gasteiger partial charge < -0.3 is 5.32 Å². The van der Waals surface area contributed by atoms with Gasteiger partial charge in [-0.15, -0.1) is 0 Å². The van der Waals surface area contributed by atoms with Crippen molar-refractivity contribution in [2.45, 2.75) is 0 Å². The lowest BCUT2D eigenvalue weighted by molar-refractivity contribution is -0.385. The molecule has 88 valence electrons. The van der Waals surface area contributed by atoms with Gasteiger partial charge in [0.2, 0.25) is 0 Å². The quantitative estimate of drug-likeness (QED) is 0.655. The van der Waals surface area contributed by atoms with Crippen molar-refractivity contribution in [3.8, 4) is 0 Å². The van der Waals surface area contributed by atoms with Crippen LogP contribution >= 0.6 is 0 Å². The van der Waals surface area contributed by atoms with E-state index in [1.54, 1.807) is 24.0 Å². The average Bonchev–Trinajstić information content (AvgIpc) is 2.67. The third-order valence-electron chi connectivity index (χ3n) is 2.14. The maximum absolute atomic E-state index is 13.5. The number of nitro groups is 1. The number of anilines is 2. The summed E-state index contributed by atoms with van der Waals surface area (Å²) < 4.78 is 15.1. The smallest absolute Gasteiger partial charge is 0.272 e. The lowest BCUT2D eigenvalue weighted by atomic mass is 10.2. The van der Waals surface area contributed by atoms with Gasteiger partial charge in [0, 0.05) is 25.4 Å². The Balaban J connectivity index is 2.25. The maximum Gasteiger partial charge on any atom is 0.272 e. The van der Waals surface area contributed by atoms with Crippen LogP contribution in [0.25, 0.3) is 0 Å². The van der Waals surface area contributed by atoms with Gasteiger partial charge in [-0.25, -0.2) is 4.39 Å². The van der Waals surface area contributed by atoms with Gasteiger partial charge in [-0.2, -0.15) is 5.10 Å². The summed E-state index contributed by atoms with van der Waals surface area (Å²) in [7, 11) is 1.73. The first-order chi connectivity index (χ1) is 8.06. The van der Waals surface area contributed by atoms with E-state index < -0.39 is 10.7 Å². The van der Waals surface area contributed by atoms with Crippen molar-refractivity contribution in [2.24, 2.45) is 7.05 Å². The van der Waals surface area contributed by atoms with Gasteiger partial charge in [0.15, 0.2) is 11.6 Å². The molecule has 1 aromatic carbocycles. The van der Waals surface area contributed by atoms with E-state index in [0.717, 1.165) is 6.07 Å². The average molecular weight is 236 g/mol. The van der Waals surface area contributed by atoms with Crippen LogP contribution in [0.3, 0.4) is 0 Å². The molecule has 0 aliphatic carbocycles. The molecule has 0 fully saturated rings. The summed E-state index contributed by atoms with van der Waals surface area (Å²) in [6.07, 6.45) is 1.70. The summed E-state index contributed by atoms with van der Waals surface area (Å²) in [6, 6.07) is 5.07. The molecule has 1 aromatic heterocycles. The number of nitrogens with zero attached hydrogens (tertiary/aromatic N) is 3. The van der Waals surface area contributed by atoms with E-state index in [-0.39, 0.29) is 11.4 Å². The fourth-order valence-electron chi connectivity index (χ4n) is 1.34. The second-order valence-electron chi connectivity index (χ2n) is 3.42. The van der Waals surface area contributed by atoms with Crippen LogP contribution in [0, 0.1) is 15.9 Å². The number of nitrogens with one attached hydrogen (secondary N) is 1. The van der Waals surface area contributed by atoms with E-state index in [9.17, 15) is 14.5 Å². The fourth-order valence-corrected chi connectivity index (χ4v) is 1.34. The highest BCUT2D eigenvalue weighted by atomic mass is 19.1. The van der Waals surface area contributed by atoms with Crippen molar-refractivity contribution in [3.05, 3.63) is 46.4 Å². The number of hydrogen-bond acceptors (Lipinski definition) is 4. The number of benzene rings is 1. The number of nitro benzene ring substituents is 1. The zero-order valence-electron chi connectivity index (χ0n) is 8.92. The summed E-state index contributed by atoms with van der Waals surface area (Å²) in [5.74, 6) is -0.217. The molecule has 17 heavy (non-hydrogen) atoms. The van der Waals surface area contributed by atoms with Gasteiger partial charge in [0.1, 0.15) is 0 Å². The van der Waals surface area contributed by atoms with E-state index in [1.807, 2.05) is 0 Å². The van der Waals surface area contributed by atoms with Crippen molar-refractivity contribution in [2.75, 3.05) is 5.32 Å². The van der Waals surface area contributed by atoms with Crippen LogP contribution in [-0.4, -0.2) is 14.7 Å². The Morgan fingerprint density at radius 1 is 1.47 bits per heavy atom. The molecule has 0 bridgehead atoms. The highest BCUT2D eigenvalue weighted by Gasteiger charge is 2.11. The van der Waals surface area contributed by atoms with E-state index in [1.165, 1.54) is 12.1 Å². The molecular formula is C10H9FN4O2. The molecule has 7 heteroatoms. The first-order valence-electron chi connectivity index (χ1n) is 4.77. The lowest BCUT2D eigenvalue weighted by Crippen LogP contribution is -1.97. The van der Waals surface area contributed by atoms with Crippen LogP contribution in [0.5, 0.6) is 0 Å². The number of rotatable bonds is 3. The molecule has 2 rings (SSSR count). The molecule has 0 atom stereocenters. The van der Waals surface area contributed by atoms with Crippen LogP contribution in [0.4, 0.5) is 21.6 Å². The normalized spacial score (nSPS) is 10.2. The van der Waals surface area contributed by atoms with Crippen molar-refractivity contribution in [1.82, 2.24) is 9.78 Å². The van der Waals surface area contributed by atoms with Crippen molar-refractivity contribution < 1.29 is 9.31 Å². The molecule has 1 N–H and O–H groups in total. The summed E-state index contributed by atoms with van der Waals surface area (Å²) in [4.78, 5) is 9.78. The predicted octanol–water partition coefficient (Wildman–Crippen LogP) is 2.21. The number of aromatic nitrogens is 2. The van der Waals surface area contributed by atoms with E-state index in [2.05, 4.69) is 10.4 Å². The standard InChI is InChI=1S/C10H9FN4O2/c1-14-5-4-10(13-14)12-9-3-2-7(15(16)17)6-8(9)11/h2-6H,1H3,(H,12,13). The minimum absolute atomic E-state index is 0.148.